The topological polar surface area (TPSA) is 128 Å². The summed E-state index contributed by atoms with van der Waals surface area (Å²) in [6, 6.07) is 10.7. The summed E-state index contributed by atoms with van der Waals surface area (Å²) >= 11 is 0. The molecule has 10 nitrogen and oxygen atoms in total. The van der Waals surface area contributed by atoms with Crippen LogP contribution >= 0.6 is 0 Å². The van der Waals surface area contributed by atoms with Gasteiger partial charge < -0.3 is 14.8 Å². The Hall–Kier alpha value is -3.34. The van der Waals surface area contributed by atoms with Gasteiger partial charge in [0.2, 0.25) is 15.9 Å². The number of methoxy groups -OCH3 is 1. The fraction of sp³-hybridized carbons (Fsp3) is 0.350. The van der Waals surface area contributed by atoms with Gasteiger partial charge >= 0.3 is 0 Å². The zero-order valence-electron chi connectivity index (χ0n) is 17.7. The Morgan fingerprint density at radius 1 is 1.23 bits per heavy atom. The first-order chi connectivity index (χ1) is 14.5. The van der Waals surface area contributed by atoms with Crippen molar-refractivity contribution in [1.29, 1.82) is 0 Å². The highest BCUT2D eigenvalue weighted by Gasteiger charge is 2.26. The molecular weight excluding hydrogens is 426 g/mol. The number of amides is 1. The van der Waals surface area contributed by atoms with Gasteiger partial charge in [-0.1, -0.05) is 12.1 Å². The van der Waals surface area contributed by atoms with Crippen molar-refractivity contribution < 1.29 is 27.6 Å². The van der Waals surface area contributed by atoms with Crippen LogP contribution in [0.3, 0.4) is 0 Å². The highest BCUT2D eigenvalue weighted by molar-refractivity contribution is 7.92. The van der Waals surface area contributed by atoms with Gasteiger partial charge in [0, 0.05) is 18.7 Å². The van der Waals surface area contributed by atoms with Gasteiger partial charge in [-0.3, -0.25) is 19.2 Å². The molecule has 0 saturated heterocycles. The van der Waals surface area contributed by atoms with Crippen molar-refractivity contribution >= 4 is 27.3 Å². The van der Waals surface area contributed by atoms with Gasteiger partial charge in [-0.15, -0.1) is 0 Å². The molecule has 0 aliphatic heterocycles. The van der Waals surface area contributed by atoms with Crippen LogP contribution in [0.15, 0.2) is 42.5 Å². The summed E-state index contributed by atoms with van der Waals surface area (Å²) in [5.41, 5.74) is 0.346. The van der Waals surface area contributed by atoms with Crippen LogP contribution in [0.5, 0.6) is 11.5 Å². The minimum absolute atomic E-state index is 0.00179. The lowest BCUT2D eigenvalue weighted by Crippen LogP contribution is -2.40. The monoisotopic (exact) mass is 451 g/mol. The highest BCUT2D eigenvalue weighted by Crippen LogP contribution is 2.33. The molecule has 1 N–H and O–H groups in total. The number of sulfonamides is 1. The van der Waals surface area contributed by atoms with E-state index in [0.29, 0.717) is 5.75 Å². The number of ether oxygens (including phenoxy) is 2. The standard InChI is InChI=1S/C20H25N3O7S/c1-14(2)30-17-7-5-6-15(10-17)12-21-20(24)13-22(31(4,27)28)18-11-16(23(25)26)8-9-19(18)29-3/h5-11,14H,12-13H2,1-4H3,(H,21,24). The molecule has 2 aromatic rings. The summed E-state index contributed by atoms with van der Waals surface area (Å²) in [5.74, 6) is 0.150. The summed E-state index contributed by atoms with van der Waals surface area (Å²) in [6.45, 7) is 3.38. The fourth-order valence-electron chi connectivity index (χ4n) is 2.76. The van der Waals surface area contributed by atoms with Gasteiger partial charge in [-0.25, -0.2) is 8.42 Å². The molecule has 31 heavy (non-hydrogen) atoms. The number of carbonyl (C=O) groups excluding carboxylic acids is 1. The SMILES string of the molecule is COc1ccc([N+](=O)[O-])cc1N(CC(=O)NCc1cccc(OC(C)C)c1)S(C)(=O)=O. The normalized spacial score (nSPS) is 11.1. The third-order valence-corrected chi connectivity index (χ3v) is 5.22. The lowest BCUT2D eigenvalue weighted by atomic mass is 10.2. The Labute approximate surface area is 181 Å². The lowest BCUT2D eigenvalue weighted by molar-refractivity contribution is -0.384. The largest absolute Gasteiger partial charge is 0.495 e. The molecule has 0 aliphatic rings. The van der Waals surface area contributed by atoms with Gasteiger partial charge in [0.15, 0.2) is 0 Å². The van der Waals surface area contributed by atoms with E-state index in [-0.39, 0.29) is 29.8 Å². The molecule has 168 valence electrons. The number of hydrogen-bond donors (Lipinski definition) is 1. The molecule has 0 saturated carbocycles. The minimum Gasteiger partial charge on any atom is -0.495 e. The number of nitro benzene ring substituents is 1. The van der Waals surface area contributed by atoms with Crippen molar-refractivity contribution in [3.63, 3.8) is 0 Å². The van der Waals surface area contributed by atoms with Gasteiger partial charge in [0.05, 0.1) is 24.4 Å². The Kier molecular flexibility index (Phi) is 7.81. The predicted octanol–water partition coefficient (Wildman–Crippen LogP) is 2.47. The van der Waals surface area contributed by atoms with Crippen molar-refractivity contribution in [3.05, 3.63) is 58.1 Å². The van der Waals surface area contributed by atoms with Gasteiger partial charge in [0.25, 0.3) is 5.69 Å². The molecule has 0 fully saturated rings. The molecule has 0 atom stereocenters. The van der Waals surface area contributed by atoms with Crippen molar-refractivity contribution in [1.82, 2.24) is 5.32 Å². The molecule has 11 heteroatoms. The van der Waals surface area contributed by atoms with Crippen LogP contribution in [0.1, 0.15) is 19.4 Å². The molecule has 0 aromatic heterocycles. The molecule has 0 radical (unpaired) electrons. The molecule has 1 amide bonds. The first kappa shape index (κ1) is 23.9. The number of nitrogens with one attached hydrogen (secondary N) is 1. The van der Waals surface area contributed by atoms with Crippen molar-refractivity contribution in [2.45, 2.75) is 26.5 Å². The van der Waals surface area contributed by atoms with Crippen LogP contribution in [0.4, 0.5) is 11.4 Å². The summed E-state index contributed by atoms with van der Waals surface area (Å²) in [7, 11) is -2.64. The number of hydrogen-bond acceptors (Lipinski definition) is 7. The third-order valence-electron chi connectivity index (χ3n) is 4.09. The molecule has 0 aliphatic carbocycles. The van der Waals surface area contributed by atoms with Crippen LogP contribution in [0, 0.1) is 10.1 Å². The second-order valence-corrected chi connectivity index (χ2v) is 8.88. The predicted molar refractivity (Wildman–Crippen MR) is 116 cm³/mol. The van der Waals surface area contributed by atoms with Crippen molar-refractivity contribution in [2.24, 2.45) is 0 Å². The first-order valence-electron chi connectivity index (χ1n) is 9.33. The Bertz CT molecular complexity index is 1050. The average molecular weight is 452 g/mol. The summed E-state index contributed by atoms with van der Waals surface area (Å²) < 4.78 is 36.2. The molecule has 2 aromatic carbocycles. The van der Waals surface area contributed by atoms with E-state index in [1.165, 1.54) is 19.2 Å². The van der Waals surface area contributed by atoms with E-state index < -0.39 is 27.4 Å². The van der Waals surface area contributed by atoms with Crippen LogP contribution in [0.2, 0.25) is 0 Å². The maximum atomic E-state index is 12.5. The molecule has 2 rings (SSSR count). The fourth-order valence-corrected chi connectivity index (χ4v) is 3.61. The average Bonchev–Trinajstić information content (AvgIpc) is 2.69. The van der Waals surface area contributed by atoms with E-state index >= 15 is 0 Å². The number of non-ortho nitro benzene ring substituents is 1. The molecule has 0 bridgehead atoms. The second-order valence-electron chi connectivity index (χ2n) is 6.97. The maximum Gasteiger partial charge on any atom is 0.271 e. The summed E-state index contributed by atoms with van der Waals surface area (Å²) in [5, 5.41) is 13.8. The van der Waals surface area contributed by atoms with Crippen LogP contribution in [0.25, 0.3) is 0 Å². The molecule has 0 unspecified atom stereocenters. The highest BCUT2D eigenvalue weighted by atomic mass is 32.2. The molecule has 0 spiro atoms. The minimum atomic E-state index is -3.94. The molecule has 0 heterocycles. The number of nitro groups is 1. The van der Waals surface area contributed by atoms with Crippen molar-refractivity contribution in [3.8, 4) is 11.5 Å². The van der Waals surface area contributed by atoms with E-state index in [4.69, 9.17) is 9.47 Å². The quantitative estimate of drug-likeness (QED) is 0.434. The number of anilines is 1. The Morgan fingerprint density at radius 3 is 2.52 bits per heavy atom. The second kappa shape index (κ2) is 10.1. The van der Waals surface area contributed by atoms with Gasteiger partial charge in [-0.05, 0) is 37.6 Å². The van der Waals surface area contributed by atoms with Crippen LogP contribution < -0.4 is 19.1 Å². The Balaban J connectivity index is 2.20. The Morgan fingerprint density at radius 2 is 1.94 bits per heavy atom. The number of carbonyl (C=O) groups is 1. The van der Waals surface area contributed by atoms with Crippen LogP contribution in [-0.2, 0) is 21.4 Å². The zero-order chi connectivity index (χ0) is 23.2. The lowest BCUT2D eigenvalue weighted by Gasteiger charge is -2.23. The first-order valence-corrected chi connectivity index (χ1v) is 11.2. The maximum absolute atomic E-state index is 12.5. The van der Waals surface area contributed by atoms with Gasteiger partial charge in [-0.2, -0.15) is 0 Å². The smallest absolute Gasteiger partial charge is 0.271 e. The van der Waals surface area contributed by atoms with E-state index in [2.05, 4.69) is 5.32 Å². The van der Waals surface area contributed by atoms with E-state index in [9.17, 15) is 23.3 Å². The van der Waals surface area contributed by atoms with E-state index in [1.54, 1.807) is 24.3 Å². The summed E-state index contributed by atoms with van der Waals surface area (Å²) in [6.07, 6.45) is 0.906. The number of benzene rings is 2. The zero-order valence-corrected chi connectivity index (χ0v) is 18.5. The third kappa shape index (κ3) is 6.85. The summed E-state index contributed by atoms with van der Waals surface area (Å²) in [4.78, 5) is 23.0. The van der Waals surface area contributed by atoms with Crippen molar-refractivity contribution in [2.75, 3.05) is 24.2 Å². The van der Waals surface area contributed by atoms with E-state index in [0.717, 1.165) is 22.2 Å². The molecular formula is C20H25N3O7S. The number of rotatable bonds is 10. The van der Waals surface area contributed by atoms with E-state index in [1.807, 2.05) is 13.8 Å². The number of nitrogens with zero attached hydrogens (tertiary/aromatic N) is 2. The van der Waals surface area contributed by atoms with Gasteiger partial charge in [0.1, 0.15) is 23.7 Å². The van der Waals surface area contributed by atoms with Crippen LogP contribution in [-0.4, -0.2) is 45.3 Å².